The number of sulfonamides is 1. The van der Waals surface area contributed by atoms with Crippen LogP contribution >= 0.6 is 0 Å². The highest BCUT2D eigenvalue weighted by Crippen LogP contribution is 2.36. The molecule has 0 bridgehead atoms. The molecule has 0 atom stereocenters. The fraction of sp³-hybridized carbons (Fsp3) is 0.625. The summed E-state index contributed by atoms with van der Waals surface area (Å²) >= 11 is 0. The summed E-state index contributed by atoms with van der Waals surface area (Å²) in [5.74, 6) is 0.762. The Balaban J connectivity index is 2.18. The summed E-state index contributed by atoms with van der Waals surface area (Å²) in [5, 5.41) is 9.70. The molecular formula is C16H25NO5S. The zero-order valence-corrected chi connectivity index (χ0v) is 14.5. The second-order valence-electron chi connectivity index (χ2n) is 6.06. The molecule has 1 aromatic carbocycles. The van der Waals surface area contributed by atoms with Crippen LogP contribution in [0.3, 0.4) is 0 Å². The van der Waals surface area contributed by atoms with Crippen molar-refractivity contribution >= 4 is 10.0 Å². The van der Waals surface area contributed by atoms with E-state index in [2.05, 4.69) is 4.72 Å². The van der Waals surface area contributed by atoms with Gasteiger partial charge in [0.15, 0.2) is 0 Å². The monoisotopic (exact) mass is 343 g/mol. The van der Waals surface area contributed by atoms with Gasteiger partial charge >= 0.3 is 0 Å². The lowest BCUT2D eigenvalue weighted by Gasteiger charge is -2.35. The number of methoxy groups -OCH3 is 2. The molecule has 2 rings (SSSR count). The van der Waals surface area contributed by atoms with Crippen LogP contribution < -0.4 is 14.2 Å². The molecule has 1 aliphatic rings. The van der Waals surface area contributed by atoms with Gasteiger partial charge < -0.3 is 14.6 Å². The van der Waals surface area contributed by atoms with Crippen molar-refractivity contribution < 1.29 is 23.0 Å². The van der Waals surface area contributed by atoms with Crippen LogP contribution in [0.1, 0.15) is 32.1 Å². The third kappa shape index (κ3) is 4.16. The van der Waals surface area contributed by atoms with Gasteiger partial charge in [-0.05, 0) is 25.0 Å². The number of aliphatic hydroxyl groups is 1. The van der Waals surface area contributed by atoms with Crippen molar-refractivity contribution in [1.82, 2.24) is 4.72 Å². The van der Waals surface area contributed by atoms with E-state index >= 15 is 0 Å². The number of aliphatic hydroxyl groups excluding tert-OH is 1. The van der Waals surface area contributed by atoms with Crippen molar-refractivity contribution in [2.45, 2.75) is 37.0 Å². The molecule has 1 fully saturated rings. The molecule has 0 amide bonds. The van der Waals surface area contributed by atoms with Crippen LogP contribution in [0, 0.1) is 5.41 Å². The summed E-state index contributed by atoms with van der Waals surface area (Å²) in [6, 6.07) is 4.59. The molecule has 2 N–H and O–H groups in total. The highest BCUT2D eigenvalue weighted by atomic mass is 32.2. The van der Waals surface area contributed by atoms with E-state index in [1.165, 1.54) is 26.4 Å². The normalized spacial score (nSPS) is 17.7. The van der Waals surface area contributed by atoms with Gasteiger partial charge in [0, 0.05) is 24.6 Å². The Kier molecular flexibility index (Phi) is 5.89. The van der Waals surface area contributed by atoms with Gasteiger partial charge in [0.2, 0.25) is 10.0 Å². The summed E-state index contributed by atoms with van der Waals surface area (Å²) < 4.78 is 38.1. The van der Waals surface area contributed by atoms with Crippen molar-refractivity contribution in [2.24, 2.45) is 5.41 Å². The second-order valence-corrected chi connectivity index (χ2v) is 7.80. The molecule has 23 heavy (non-hydrogen) atoms. The molecule has 1 saturated carbocycles. The number of hydrogen-bond acceptors (Lipinski definition) is 5. The summed E-state index contributed by atoms with van der Waals surface area (Å²) in [5.41, 5.74) is -0.356. The maximum Gasteiger partial charge on any atom is 0.244 e. The van der Waals surface area contributed by atoms with Gasteiger partial charge in [-0.15, -0.1) is 0 Å². The largest absolute Gasteiger partial charge is 0.497 e. The predicted molar refractivity (Wildman–Crippen MR) is 87.3 cm³/mol. The van der Waals surface area contributed by atoms with Crippen LogP contribution in [0.5, 0.6) is 11.5 Å². The number of ether oxygens (including phenoxy) is 2. The number of hydrogen-bond donors (Lipinski definition) is 2. The van der Waals surface area contributed by atoms with Crippen LogP contribution in [0.4, 0.5) is 0 Å². The average molecular weight is 343 g/mol. The Morgan fingerprint density at radius 3 is 2.43 bits per heavy atom. The SMILES string of the molecule is COc1ccc(S(=O)(=O)NCC2(CO)CCCCC2)c(OC)c1. The van der Waals surface area contributed by atoms with Gasteiger partial charge in [0.05, 0.1) is 14.2 Å². The Morgan fingerprint density at radius 1 is 1.17 bits per heavy atom. The van der Waals surface area contributed by atoms with Crippen LogP contribution in [-0.2, 0) is 10.0 Å². The van der Waals surface area contributed by atoms with Gasteiger partial charge in [0.25, 0.3) is 0 Å². The highest BCUT2D eigenvalue weighted by molar-refractivity contribution is 7.89. The van der Waals surface area contributed by atoms with E-state index < -0.39 is 10.0 Å². The molecule has 0 unspecified atom stereocenters. The number of benzene rings is 1. The maximum atomic E-state index is 12.6. The molecule has 130 valence electrons. The lowest BCUT2D eigenvalue weighted by Crippen LogP contribution is -2.41. The molecule has 0 heterocycles. The van der Waals surface area contributed by atoms with Gasteiger partial charge in [0.1, 0.15) is 16.4 Å². The van der Waals surface area contributed by atoms with Crippen LogP contribution in [-0.4, -0.2) is 40.9 Å². The summed E-state index contributed by atoms with van der Waals surface area (Å²) in [4.78, 5) is 0.0738. The van der Waals surface area contributed by atoms with Gasteiger partial charge in [-0.1, -0.05) is 19.3 Å². The Hall–Kier alpha value is -1.31. The van der Waals surface area contributed by atoms with Crippen molar-refractivity contribution in [3.05, 3.63) is 18.2 Å². The molecule has 0 aromatic heterocycles. The minimum Gasteiger partial charge on any atom is -0.497 e. The first-order valence-electron chi connectivity index (χ1n) is 7.79. The first kappa shape index (κ1) is 18.0. The van der Waals surface area contributed by atoms with Crippen LogP contribution in [0.2, 0.25) is 0 Å². The molecule has 0 spiro atoms. The van der Waals surface area contributed by atoms with Crippen molar-refractivity contribution in [3.63, 3.8) is 0 Å². The van der Waals surface area contributed by atoms with Crippen LogP contribution in [0.15, 0.2) is 23.1 Å². The lowest BCUT2D eigenvalue weighted by atomic mass is 9.75. The van der Waals surface area contributed by atoms with E-state index in [0.29, 0.717) is 5.75 Å². The Morgan fingerprint density at radius 2 is 1.87 bits per heavy atom. The second kappa shape index (κ2) is 7.51. The lowest BCUT2D eigenvalue weighted by molar-refractivity contribution is 0.0867. The fourth-order valence-electron chi connectivity index (χ4n) is 3.02. The van der Waals surface area contributed by atoms with Crippen LogP contribution in [0.25, 0.3) is 0 Å². The highest BCUT2D eigenvalue weighted by Gasteiger charge is 2.33. The molecule has 1 aliphatic carbocycles. The third-order valence-corrected chi connectivity index (χ3v) is 5.99. The third-order valence-electron chi connectivity index (χ3n) is 4.55. The Bertz CT molecular complexity index is 623. The summed E-state index contributed by atoms with van der Waals surface area (Å²) in [6.07, 6.45) is 4.86. The van der Waals surface area contributed by atoms with E-state index in [1.807, 2.05) is 0 Å². The van der Waals surface area contributed by atoms with Crippen molar-refractivity contribution in [1.29, 1.82) is 0 Å². The fourth-order valence-corrected chi connectivity index (χ4v) is 4.32. The van der Waals surface area contributed by atoms with Gasteiger partial charge in [-0.2, -0.15) is 0 Å². The first-order valence-corrected chi connectivity index (χ1v) is 9.27. The molecule has 1 aromatic rings. The smallest absolute Gasteiger partial charge is 0.244 e. The standard InChI is InChI=1S/C16H25NO5S/c1-21-13-6-7-15(14(10-13)22-2)23(19,20)17-11-16(12-18)8-4-3-5-9-16/h6-7,10,17-18H,3-5,8-9,11-12H2,1-2H3. The molecule has 6 nitrogen and oxygen atoms in total. The van der Waals surface area contributed by atoms with Gasteiger partial charge in [-0.3, -0.25) is 0 Å². The minimum atomic E-state index is -3.72. The van der Waals surface area contributed by atoms with Gasteiger partial charge in [-0.25, -0.2) is 13.1 Å². The van der Waals surface area contributed by atoms with Crippen molar-refractivity contribution in [2.75, 3.05) is 27.4 Å². The number of rotatable bonds is 7. The zero-order valence-electron chi connectivity index (χ0n) is 13.7. The predicted octanol–water partition coefficient (Wildman–Crippen LogP) is 1.92. The zero-order chi connectivity index (χ0) is 16.9. The topological polar surface area (TPSA) is 84.9 Å². The minimum absolute atomic E-state index is 0.00469. The van der Waals surface area contributed by atoms with E-state index in [4.69, 9.17) is 9.47 Å². The van der Waals surface area contributed by atoms with E-state index in [1.54, 1.807) is 6.07 Å². The summed E-state index contributed by atoms with van der Waals surface area (Å²) in [7, 11) is -0.787. The van der Waals surface area contributed by atoms with E-state index in [9.17, 15) is 13.5 Å². The molecule has 7 heteroatoms. The van der Waals surface area contributed by atoms with E-state index in [0.717, 1.165) is 32.1 Å². The molecule has 0 saturated heterocycles. The quantitative estimate of drug-likeness (QED) is 0.790. The molecule has 0 aliphatic heterocycles. The summed E-state index contributed by atoms with van der Waals surface area (Å²) in [6.45, 7) is 0.232. The van der Waals surface area contributed by atoms with E-state index in [-0.39, 0.29) is 29.2 Å². The number of nitrogens with one attached hydrogen (secondary N) is 1. The first-order chi connectivity index (χ1) is 11.0. The maximum absolute atomic E-state index is 12.6. The van der Waals surface area contributed by atoms with Crippen molar-refractivity contribution in [3.8, 4) is 11.5 Å². The molecule has 0 radical (unpaired) electrons. The molecular weight excluding hydrogens is 318 g/mol. The average Bonchev–Trinajstić information content (AvgIpc) is 2.60. The Labute approximate surface area is 137 Å².